The second-order valence-corrected chi connectivity index (χ2v) is 6.64. The highest BCUT2D eigenvalue weighted by molar-refractivity contribution is 6.35. The zero-order valence-electron chi connectivity index (χ0n) is 13.6. The lowest BCUT2D eigenvalue weighted by molar-refractivity contribution is -0.127. The Balaban J connectivity index is 1.53. The average Bonchev–Trinajstić information content (AvgIpc) is 3.15. The van der Waals surface area contributed by atoms with E-state index in [-0.39, 0.29) is 18.3 Å². The number of carbonyl (C=O) groups is 2. The molecule has 0 saturated carbocycles. The first-order chi connectivity index (χ1) is 12.5. The number of aromatic amines is 1. The summed E-state index contributed by atoms with van der Waals surface area (Å²) in [5.41, 5.74) is 2.41. The van der Waals surface area contributed by atoms with Crippen molar-refractivity contribution in [2.45, 2.75) is 19.0 Å². The molecule has 1 fully saturated rings. The fraction of sp³-hybridized carbons (Fsp3) is 0.158. The van der Waals surface area contributed by atoms with Crippen LogP contribution in [0.1, 0.15) is 11.1 Å². The van der Waals surface area contributed by atoms with Crippen LogP contribution in [-0.2, 0) is 17.8 Å². The zero-order valence-corrected chi connectivity index (χ0v) is 14.4. The fourth-order valence-electron chi connectivity index (χ4n) is 3.20. The van der Waals surface area contributed by atoms with Crippen LogP contribution in [-0.4, -0.2) is 27.9 Å². The quantitative estimate of drug-likeness (QED) is 0.689. The van der Waals surface area contributed by atoms with Gasteiger partial charge in [-0.15, -0.1) is 0 Å². The number of nitrogens with zero attached hydrogens (tertiary/aromatic N) is 1. The Morgan fingerprint density at radius 3 is 2.65 bits per heavy atom. The van der Waals surface area contributed by atoms with Crippen LogP contribution in [0, 0.1) is 5.82 Å². The molecule has 2 heterocycles. The number of carbonyl (C=O) groups excluding carboxylic acids is 2. The molecule has 7 heteroatoms. The SMILES string of the molecule is O=C1NC(Cc2c[nH]c3c(Cl)cccc23)C(=O)N1Cc1ccc([18F])cc1. The van der Waals surface area contributed by atoms with Crippen LogP contribution in [0.15, 0.2) is 48.7 Å². The van der Waals surface area contributed by atoms with Gasteiger partial charge in [-0.1, -0.05) is 35.9 Å². The van der Waals surface area contributed by atoms with Gasteiger partial charge in [0.15, 0.2) is 0 Å². The lowest BCUT2D eigenvalue weighted by Crippen LogP contribution is -2.32. The number of nitrogens with one attached hydrogen (secondary N) is 2. The lowest BCUT2D eigenvalue weighted by Gasteiger charge is -2.13. The molecule has 1 aliphatic heterocycles. The largest absolute Gasteiger partial charge is 0.360 e. The van der Waals surface area contributed by atoms with Crippen molar-refractivity contribution in [3.05, 3.63) is 70.6 Å². The van der Waals surface area contributed by atoms with E-state index in [0.717, 1.165) is 21.4 Å². The highest BCUT2D eigenvalue weighted by Gasteiger charge is 2.38. The Morgan fingerprint density at radius 1 is 1.12 bits per heavy atom. The number of rotatable bonds is 4. The number of halogens is 2. The minimum atomic E-state index is -0.638. The minimum absolute atomic E-state index is 0.112. The van der Waals surface area contributed by atoms with Crippen molar-refractivity contribution >= 4 is 34.4 Å². The number of para-hydroxylation sites is 1. The summed E-state index contributed by atoms with van der Waals surface area (Å²) >= 11 is 6.16. The predicted molar refractivity (Wildman–Crippen MR) is 96.3 cm³/mol. The van der Waals surface area contributed by atoms with E-state index in [2.05, 4.69) is 10.3 Å². The minimum Gasteiger partial charge on any atom is -0.360 e. The molecule has 4 rings (SSSR count). The molecule has 5 nitrogen and oxygen atoms in total. The number of aromatic nitrogens is 1. The summed E-state index contributed by atoms with van der Waals surface area (Å²) in [5.74, 6) is -0.655. The molecule has 0 radical (unpaired) electrons. The summed E-state index contributed by atoms with van der Waals surface area (Å²) in [5, 5.41) is 4.25. The third-order valence-corrected chi connectivity index (χ3v) is 4.85. The maximum Gasteiger partial charge on any atom is 0.325 e. The molecule has 0 spiro atoms. The fourth-order valence-corrected chi connectivity index (χ4v) is 3.43. The van der Waals surface area contributed by atoms with Crippen LogP contribution >= 0.6 is 11.6 Å². The van der Waals surface area contributed by atoms with Crippen LogP contribution in [0.2, 0.25) is 5.02 Å². The summed E-state index contributed by atoms with van der Waals surface area (Å²) in [6, 6.07) is 10.2. The predicted octanol–water partition coefficient (Wildman–Crippen LogP) is 3.62. The molecule has 3 amide bonds. The van der Waals surface area contributed by atoms with Gasteiger partial charge in [0.25, 0.3) is 5.91 Å². The molecule has 1 atom stereocenters. The van der Waals surface area contributed by atoms with Gasteiger partial charge < -0.3 is 10.3 Å². The monoisotopic (exact) mass is 370 g/mol. The van der Waals surface area contributed by atoms with Crippen molar-refractivity contribution in [3.8, 4) is 0 Å². The van der Waals surface area contributed by atoms with Crippen molar-refractivity contribution < 1.29 is 14.0 Å². The van der Waals surface area contributed by atoms with Crippen molar-refractivity contribution in [1.82, 2.24) is 15.2 Å². The molecule has 2 aromatic carbocycles. The van der Waals surface area contributed by atoms with Crippen LogP contribution in [0.5, 0.6) is 0 Å². The Bertz CT molecular complexity index is 1000. The van der Waals surface area contributed by atoms with E-state index in [1.807, 2.05) is 12.1 Å². The van der Waals surface area contributed by atoms with Gasteiger partial charge in [-0.05, 0) is 29.3 Å². The molecule has 3 aromatic rings. The van der Waals surface area contributed by atoms with Crippen LogP contribution in [0.25, 0.3) is 10.9 Å². The lowest BCUT2D eigenvalue weighted by atomic mass is 10.0. The third-order valence-electron chi connectivity index (χ3n) is 4.54. The van der Waals surface area contributed by atoms with Gasteiger partial charge in [-0.25, -0.2) is 9.18 Å². The highest BCUT2D eigenvalue weighted by atomic mass is 35.5. The molecule has 0 bridgehead atoms. The average molecular weight is 371 g/mol. The molecule has 1 saturated heterocycles. The normalized spacial score (nSPS) is 17.2. The number of H-pyrrole nitrogens is 1. The van der Waals surface area contributed by atoms with E-state index in [9.17, 15) is 14.0 Å². The topological polar surface area (TPSA) is 65.2 Å². The molecule has 1 aromatic heterocycles. The summed E-state index contributed by atoms with van der Waals surface area (Å²) < 4.78 is 13.0. The molecular weight excluding hydrogens is 356 g/mol. The first-order valence-corrected chi connectivity index (χ1v) is 8.51. The first-order valence-electron chi connectivity index (χ1n) is 8.14. The van der Waals surface area contributed by atoms with E-state index in [0.29, 0.717) is 17.0 Å². The van der Waals surface area contributed by atoms with Crippen molar-refractivity contribution in [1.29, 1.82) is 0 Å². The molecule has 1 unspecified atom stereocenters. The highest BCUT2D eigenvalue weighted by Crippen LogP contribution is 2.27. The number of imide groups is 1. The number of fused-ring (bicyclic) bond motifs is 1. The van der Waals surface area contributed by atoms with Gasteiger partial charge in [0.05, 0.1) is 17.1 Å². The number of hydrogen-bond donors (Lipinski definition) is 2. The van der Waals surface area contributed by atoms with Gasteiger partial charge >= 0.3 is 6.03 Å². The summed E-state index contributed by atoms with van der Waals surface area (Å²) in [6.45, 7) is 0.112. The zero-order chi connectivity index (χ0) is 18.3. The number of hydrogen-bond acceptors (Lipinski definition) is 2. The summed E-state index contributed by atoms with van der Waals surface area (Å²) in [4.78, 5) is 29.1. The van der Waals surface area contributed by atoms with Gasteiger partial charge in [0, 0.05) is 18.0 Å². The van der Waals surface area contributed by atoms with Crippen LogP contribution in [0.4, 0.5) is 9.18 Å². The van der Waals surface area contributed by atoms with E-state index in [1.54, 1.807) is 24.4 Å². The Morgan fingerprint density at radius 2 is 1.88 bits per heavy atom. The van der Waals surface area contributed by atoms with E-state index in [4.69, 9.17) is 11.6 Å². The van der Waals surface area contributed by atoms with E-state index < -0.39 is 12.1 Å². The molecular formula is C19H15ClFN3O2. The molecule has 2 N–H and O–H groups in total. The van der Waals surface area contributed by atoms with Crippen molar-refractivity contribution in [2.24, 2.45) is 0 Å². The first kappa shape index (κ1) is 16.6. The van der Waals surface area contributed by atoms with Gasteiger partial charge in [0.2, 0.25) is 0 Å². The molecule has 0 aliphatic carbocycles. The van der Waals surface area contributed by atoms with Crippen LogP contribution in [0.3, 0.4) is 0 Å². The molecule has 26 heavy (non-hydrogen) atoms. The second-order valence-electron chi connectivity index (χ2n) is 6.23. The summed E-state index contributed by atoms with van der Waals surface area (Å²) in [7, 11) is 0. The Hall–Kier alpha value is -2.86. The maximum absolute atomic E-state index is 13.0. The maximum atomic E-state index is 13.0. The van der Waals surface area contributed by atoms with Gasteiger partial charge in [-0.3, -0.25) is 9.69 Å². The summed E-state index contributed by atoms with van der Waals surface area (Å²) in [6.07, 6.45) is 2.17. The van der Waals surface area contributed by atoms with Gasteiger partial charge in [-0.2, -0.15) is 0 Å². The Kier molecular flexibility index (Phi) is 4.12. The van der Waals surface area contributed by atoms with Crippen LogP contribution < -0.4 is 5.32 Å². The molecule has 132 valence electrons. The van der Waals surface area contributed by atoms with Crippen molar-refractivity contribution in [3.63, 3.8) is 0 Å². The molecule has 1 aliphatic rings. The number of benzene rings is 2. The second kappa shape index (κ2) is 6.46. The third kappa shape index (κ3) is 2.93. The number of urea groups is 1. The number of amides is 3. The smallest absolute Gasteiger partial charge is 0.325 e. The standard InChI is InChI=1S/C19H15ClFN3O2/c20-15-3-1-2-14-12(9-22-17(14)15)8-16-18(25)24(19(26)23-16)10-11-4-6-13(21)7-5-11/h1-7,9,16,22H,8,10H2,(H,23,26)/i21-1. The van der Waals surface area contributed by atoms with E-state index >= 15 is 0 Å². The van der Waals surface area contributed by atoms with Gasteiger partial charge in [0.1, 0.15) is 11.9 Å². The van der Waals surface area contributed by atoms with Crippen molar-refractivity contribution in [2.75, 3.05) is 0 Å². The van der Waals surface area contributed by atoms with E-state index in [1.165, 1.54) is 12.1 Å². The Labute approximate surface area is 153 Å².